The molecule has 24 heavy (non-hydrogen) atoms. The molecular formula is C18H23NO4S. The molecule has 1 aliphatic heterocycles. The van der Waals surface area contributed by atoms with Gasteiger partial charge >= 0.3 is 6.16 Å². The molecule has 5 nitrogen and oxygen atoms in total. The van der Waals surface area contributed by atoms with Crippen molar-refractivity contribution in [1.82, 2.24) is 4.31 Å². The SMILES string of the molecule is COC(=O)OC1=C(c2c(C)cc(C)cc2C)C(=O)N(SC)C1(C)C. The number of ether oxygens (including phenoxy) is 2. The predicted molar refractivity (Wildman–Crippen MR) is 95.5 cm³/mol. The third kappa shape index (κ3) is 2.90. The Morgan fingerprint density at radius 1 is 1.17 bits per heavy atom. The first-order valence-electron chi connectivity index (χ1n) is 7.62. The zero-order chi connectivity index (χ0) is 18.2. The van der Waals surface area contributed by atoms with E-state index in [1.807, 2.05) is 53.0 Å². The Labute approximate surface area is 147 Å². The molecule has 0 fully saturated rings. The lowest BCUT2D eigenvalue weighted by Gasteiger charge is -2.30. The summed E-state index contributed by atoms with van der Waals surface area (Å²) in [5.41, 5.74) is 3.55. The fraction of sp³-hybridized carbons (Fsp3) is 0.444. The molecule has 0 radical (unpaired) electrons. The van der Waals surface area contributed by atoms with Gasteiger partial charge in [0, 0.05) is 6.26 Å². The van der Waals surface area contributed by atoms with Gasteiger partial charge in [0.25, 0.3) is 5.91 Å². The van der Waals surface area contributed by atoms with Crippen LogP contribution >= 0.6 is 11.9 Å². The second-order valence-electron chi connectivity index (χ2n) is 6.38. The summed E-state index contributed by atoms with van der Waals surface area (Å²) in [4.78, 5) is 24.8. The van der Waals surface area contributed by atoms with E-state index in [9.17, 15) is 9.59 Å². The minimum atomic E-state index is -0.825. The van der Waals surface area contributed by atoms with E-state index in [2.05, 4.69) is 4.74 Å². The molecule has 0 bridgehead atoms. The number of aryl methyl sites for hydroxylation is 3. The fourth-order valence-corrected chi connectivity index (χ4v) is 4.05. The molecule has 1 heterocycles. The van der Waals surface area contributed by atoms with E-state index >= 15 is 0 Å². The van der Waals surface area contributed by atoms with Crippen LogP contribution in [0.15, 0.2) is 17.9 Å². The summed E-state index contributed by atoms with van der Waals surface area (Å²) in [5.74, 6) is 0.158. The summed E-state index contributed by atoms with van der Waals surface area (Å²) in [5, 5.41) is 0. The zero-order valence-electron chi connectivity index (χ0n) is 15.1. The van der Waals surface area contributed by atoms with Crippen molar-refractivity contribution >= 4 is 29.6 Å². The molecule has 0 saturated heterocycles. The first-order valence-corrected chi connectivity index (χ1v) is 8.80. The highest BCUT2D eigenvalue weighted by Crippen LogP contribution is 2.45. The van der Waals surface area contributed by atoms with Gasteiger partial charge in [-0.3, -0.25) is 9.10 Å². The molecule has 0 aromatic heterocycles. The van der Waals surface area contributed by atoms with Gasteiger partial charge in [0.05, 0.1) is 12.7 Å². The van der Waals surface area contributed by atoms with Crippen LogP contribution in [-0.2, 0) is 14.3 Å². The van der Waals surface area contributed by atoms with Crippen LogP contribution in [-0.4, -0.2) is 35.3 Å². The van der Waals surface area contributed by atoms with E-state index in [0.29, 0.717) is 11.3 Å². The fourth-order valence-electron chi connectivity index (χ4n) is 3.26. The van der Waals surface area contributed by atoms with Crippen LogP contribution in [0.25, 0.3) is 5.57 Å². The number of rotatable bonds is 3. The average molecular weight is 349 g/mol. The Morgan fingerprint density at radius 3 is 2.17 bits per heavy atom. The monoisotopic (exact) mass is 349 g/mol. The number of methoxy groups -OCH3 is 1. The average Bonchev–Trinajstić information content (AvgIpc) is 2.65. The third-order valence-electron chi connectivity index (χ3n) is 4.15. The van der Waals surface area contributed by atoms with Crippen molar-refractivity contribution in [2.24, 2.45) is 0 Å². The van der Waals surface area contributed by atoms with Gasteiger partial charge in [-0.25, -0.2) is 4.79 Å². The van der Waals surface area contributed by atoms with Crippen molar-refractivity contribution < 1.29 is 19.1 Å². The lowest BCUT2D eigenvalue weighted by molar-refractivity contribution is -0.121. The van der Waals surface area contributed by atoms with Gasteiger partial charge in [-0.2, -0.15) is 0 Å². The highest BCUT2D eigenvalue weighted by Gasteiger charge is 2.49. The summed E-state index contributed by atoms with van der Waals surface area (Å²) in [7, 11) is 1.25. The molecule has 0 unspecified atom stereocenters. The van der Waals surface area contributed by atoms with Crippen molar-refractivity contribution in [2.45, 2.75) is 40.2 Å². The minimum Gasteiger partial charge on any atom is -0.437 e. The van der Waals surface area contributed by atoms with Gasteiger partial charge in [-0.15, -0.1) is 0 Å². The largest absolute Gasteiger partial charge is 0.513 e. The first kappa shape index (κ1) is 18.4. The number of benzene rings is 1. The summed E-state index contributed by atoms with van der Waals surface area (Å²) in [6, 6.07) is 4.04. The molecule has 0 aliphatic carbocycles. The number of hydrogen-bond donors (Lipinski definition) is 0. The Morgan fingerprint density at radius 2 is 1.71 bits per heavy atom. The number of amides is 1. The standard InChI is InChI=1S/C18H23NO4S/c1-10-8-11(2)13(12(3)9-10)14-15(23-17(21)22-6)18(4,5)19(24-7)16(14)20/h8-9H,1-7H3. The van der Waals surface area contributed by atoms with Gasteiger partial charge in [0.2, 0.25) is 0 Å². The first-order chi connectivity index (χ1) is 11.1. The van der Waals surface area contributed by atoms with E-state index in [4.69, 9.17) is 4.74 Å². The molecule has 1 aliphatic rings. The van der Waals surface area contributed by atoms with Crippen molar-refractivity contribution in [2.75, 3.05) is 13.4 Å². The summed E-state index contributed by atoms with van der Waals surface area (Å²) in [6.45, 7) is 9.63. The van der Waals surface area contributed by atoms with Gasteiger partial charge < -0.3 is 9.47 Å². The van der Waals surface area contributed by atoms with Crippen LogP contribution in [0.2, 0.25) is 0 Å². The molecular weight excluding hydrogens is 326 g/mol. The van der Waals surface area contributed by atoms with Gasteiger partial charge in [-0.05, 0) is 63.3 Å². The zero-order valence-corrected chi connectivity index (χ0v) is 16.0. The number of nitrogens with zero attached hydrogens (tertiary/aromatic N) is 1. The minimum absolute atomic E-state index is 0.165. The second-order valence-corrected chi connectivity index (χ2v) is 7.11. The van der Waals surface area contributed by atoms with Crippen LogP contribution < -0.4 is 0 Å². The maximum Gasteiger partial charge on any atom is 0.513 e. The van der Waals surface area contributed by atoms with Gasteiger partial charge in [0.1, 0.15) is 5.54 Å². The summed E-state index contributed by atoms with van der Waals surface area (Å²) in [6.07, 6.45) is 1.00. The van der Waals surface area contributed by atoms with Gasteiger partial charge in [0.15, 0.2) is 5.76 Å². The van der Waals surface area contributed by atoms with E-state index in [1.165, 1.54) is 19.1 Å². The van der Waals surface area contributed by atoms with Crippen LogP contribution in [0.5, 0.6) is 0 Å². The second kappa shape index (κ2) is 6.51. The normalized spacial score (nSPS) is 16.6. The van der Waals surface area contributed by atoms with Crippen molar-refractivity contribution in [3.8, 4) is 0 Å². The topological polar surface area (TPSA) is 55.8 Å². The summed E-state index contributed by atoms with van der Waals surface area (Å²) >= 11 is 1.31. The van der Waals surface area contributed by atoms with Crippen molar-refractivity contribution in [3.05, 3.63) is 40.1 Å². The van der Waals surface area contributed by atoms with Crippen LogP contribution in [0.4, 0.5) is 4.79 Å². The molecule has 0 spiro atoms. The quantitative estimate of drug-likeness (QED) is 0.610. The lowest BCUT2D eigenvalue weighted by atomic mass is 9.91. The van der Waals surface area contributed by atoms with Crippen molar-refractivity contribution in [3.63, 3.8) is 0 Å². The Bertz CT molecular complexity index is 714. The highest BCUT2D eigenvalue weighted by molar-refractivity contribution is 7.96. The molecule has 1 amide bonds. The van der Waals surface area contributed by atoms with Gasteiger partial charge in [-0.1, -0.05) is 17.7 Å². The number of hydrogen-bond acceptors (Lipinski definition) is 5. The highest BCUT2D eigenvalue weighted by atomic mass is 32.2. The van der Waals surface area contributed by atoms with E-state index in [-0.39, 0.29) is 5.91 Å². The summed E-state index contributed by atoms with van der Waals surface area (Å²) < 4.78 is 11.7. The molecule has 0 N–H and O–H groups in total. The number of carbonyl (C=O) groups is 2. The molecule has 2 rings (SSSR count). The predicted octanol–water partition coefficient (Wildman–Crippen LogP) is 4.00. The molecule has 1 aromatic rings. The van der Waals surface area contributed by atoms with Crippen LogP contribution in [0.3, 0.4) is 0 Å². The molecule has 1 aromatic carbocycles. The maximum absolute atomic E-state index is 13.0. The van der Waals surface area contributed by atoms with Crippen LogP contribution in [0.1, 0.15) is 36.1 Å². The Balaban J connectivity index is 2.75. The molecule has 0 atom stereocenters. The molecule has 6 heteroatoms. The van der Waals surface area contributed by atoms with Crippen molar-refractivity contribution in [1.29, 1.82) is 0 Å². The molecule has 130 valence electrons. The Kier molecular flexibility index (Phi) is 4.99. The third-order valence-corrected chi connectivity index (χ3v) is 5.14. The maximum atomic E-state index is 13.0. The van der Waals surface area contributed by atoms with E-state index in [0.717, 1.165) is 22.3 Å². The Hall–Kier alpha value is -1.95. The lowest BCUT2D eigenvalue weighted by Crippen LogP contribution is -2.39. The number of carbonyl (C=O) groups excluding carboxylic acids is 2. The van der Waals surface area contributed by atoms with Crippen LogP contribution in [0, 0.1) is 20.8 Å². The molecule has 0 saturated carbocycles. The smallest absolute Gasteiger partial charge is 0.437 e. The van der Waals surface area contributed by atoms with E-state index < -0.39 is 11.7 Å². The van der Waals surface area contributed by atoms with E-state index in [1.54, 1.807) is 4.31 Å².